The molecule has 0 saturated carbocycles. The minimum absolute atomic E-state index is 0.0350. The largest absolute Gasteiger partial charge is 0.374 e. The molecule has 2 heterocycles. The molecule has 100 valence electrons. The molecule has 2 aromatic rings. The first-order chi connectivity index (χ1) is 9.79. The van der Waals surface area contributed by atoms with Gasteiger partial charge in [-0.3, -0.25) is 4.79 Å². The number of nitriles is 1. The summed E-state index contributed by atoms with van der Waals surface area (Å²) in [5, 5.41) is 14.9. The van der Waals surface area contributed by atoms with Crippen LogP contribution in [-0.4, -0.2) is 18.5 Å². The van der Waals surface area contributed by atoms with Crippen molar-refractivity contribution < 1.29 is 4.79 Å². The van der Waals surface area contributed by atoms with Gasteiger partial charge in [-0.25, -0.2) is 0 Å². The second-order valence-electron chi connectivity index (χ2n) is 4.59. The molecule has 1 unspecified atom stereocenters. The lowest BCUT2D eigenvalue weighted by atomic mass is 10.2. The van der Waals surface area contributed by atoms with Crippen LogP contribution in [0.3, 0.4) is 0 Å². The Morgan fingerprint density at radius 2 is 2.10 bits per heavy atom. The summed E-state index contributed by atoms with van der Waals surface area (Å²) in [6.07, 6.45) is 0.747. The van der Waals surface area contributed by atoms with Crippen LogP contribution in [0.5, 0.6) is 0 Å². The molecular formula is C15H13N3OS. The first kappa shape index (κ1) is 12.7. The van der Waals surface area contributed by atoms with Crippen LogP contribution in [0.25, 0.3) is 0 Å². The smallest absolute Gasteiger partial charge is 0.250 e. The number of thiophene rings is 1. The fourth-order valence-electron chi connectivity index (χ4n) is 2.35. The highest BCUT2D eigenvalue weighted by Crippen LogP contribution is 2.31. The molecule has 1 aromatic heterocycles. The number of nitrogens with zero attached hydrogens (tertiary/aromatic N) is 2. The Hall–Kier alpha value is -2.32. The maximum Gasteiger partial charge on any atom is 0.250 e. The Kier molecular flexibility index (Phi) is 3.40. The van der Waals surface area contributed by atoms with E-state index in [2.05, 4.69) is 11.4 Å². The molecule has 0 radical (unpaired) electrons. The molecule has 4 nitrogen and oxygen atoms in total. The summed E-state index contributed by atoms with van der Waals surface area (Å²) < 4.78 is 0. The predicted octanol–water partition coefficient (Wildman–Crippen LogP) is 2.84. The lowest BCUT2D eigenvalue weighted by Crippen LogP contribution is -2.33. The van der Waals surface area contributed by atoms with E-state index in [0.717, 1.165) is 17.1 Å². The molecule has 1 N–H and O–H groups in total. The summed E-state index contributed by atoms with van der Waals surface area (Å²) in [7, 11) is 0. The minimum Gasteiger partial charge on any atom is -0.374 e. The zero-order valence-electron chi connectivity index (χ0n) is 10.7. The quantitative estimate of drug-likeness (QED) is 0.942. The average molecular weight is 283 g/mol. The molecule has 0 bridgehead atoms. The number of amides is 1. The number of nitrogens with one attached hydrogen (secondary N) is 1. The van der Waals surface area contributed by atoms with Crippen molar-refractivity contribution in [2.24, 2.45) is 0 Å². The number of benzene rings is 1. The van der Waals surface area contributed by atoms with Crippen molar-refractivity contribution in [2.75, 3.05) is 16.8 Å². The number of rotatable bonds is 3. The molecule has 1 aliphatic rings. The van der Waals surface area contributed by atoms with Gasteiger partial charge in [-0.15, -0.1) is 11.3 Å². The second-order valence-corrected chi connectivity index (χ2v) is 5.49. The monoisotopic (exact) mass is 283 g/mol. The molecule has 5 heteroatoms. The van der Waals surface area contributed by atoms with Gasteiger partial charge >= 0.3 is 0 Å². The van der Waals surface area contributed by atoms with E-state index in [1.165, 1.54) is 11.3 Å². The van der Waals surface area contributed by atoms with Gasteiger partial charge in [0.25, 0.3) is 0 Å². The van der Waals surface area contributed by atoms with E-state index in [-0.39, 0.29) is 11.9 Å². The molecule has 0 aliphatic carbocycles. The Morgan fingerprint density at radius 3 is 2.85 bits per heavy atom. The van der Waals surface area contributed by atoms with Crippen LogP contribution in [0, 0.1) is 11.3 Å². The molecule has 3 rings (SSSR count). The van der Waals surface area contributed by atoms with Gasteiger partial charge in [-0.05, 0) is 30.0 Å². The Balaban J connectivity index is 1.76. The Morgan fingerprint density at radius 1 is 1.30 bits per heavy atom. The van der Waals surface area contributed by atoms with E-state index in [4.69, 9.17) is 5.26 Å². The number of anilines is 2. The van der Waals surface area contributed by atoms with Gasteiger partial charge in [0.1, 0.15) is 17.1 Å². The Labute approximate surface area is 121 Å². The zero-order chi connectivity index (χ0) is 13.9. The normalized spacial score (nSPS) is 18.1. The predicted molar refractivity (Wildman–Crippen MR) is 79.9 cm³/mol. The first-order valence-electron chi connectivity index (χ1n) is 6.40. The topological polar surface area (TPSA) is 56.1 Å². The SMILES string of the molecule is N#Cc1ccsc1N1CCC(Nc2ccccc2)C1=O. The molecule has 1 atom stereocenters. The molecule has 1 saturated heterocycles. The molecule has 1 fully saturated rings. The molecule has 1 aromatic carbocycles. The number of para-hydroxylation sites is 1. The molecule has 20 heavy (non-hydrogen) atoms. The summed E-state index contributed by atoms with van der Waals surface area (Å²) in [5.74, 6) is 0.0350. The number of hydrogen-bond donors (Lipinski definition) is 1. The van der Waals surface area contributed by atoms with Gasteiger partial charge in [-0.2, -0.15) is 5.26 Å². The van der Waals surface area contributed by atoms with Crippen molar-refractivity contribution in [1.82, 2.24) is 0 Å². The van der Waals surface area contributed by atoms with Crippen LogP contribution in [-0.2, 0) is 4.79 Å². The van der Waals surface area contributed by atoms with Crippen molar-refractivity contribution in [3.63, 3.8) is 0 Å². The maximum absolute atomic E-state index is 12.4. The fourth-order valence-corrected chi connectivity index (χ4v) is 3.23. The van der Waals surface area contributed by atoms with E-state index in [0.29, 0.717) is 12.1 Å². The number of carbonyl (C=O) groups is 1. The third-order valence-corrected chi connectivity index (χ3v) is 4.27. The molecule has 0 spiro atoms. The van der Waals surface area contributed by atoms with E-state index in [9.17, 15) is 4.79 Å². The standard InChI is InChI=1S/C15H13N3OS/c16-10-11-7-9-20-15(11)18-8-6-13(14(18)19)17-12-4-2-1-3-5-12/h1-5,7,9,13,17H,6,8H2. The second kappa shape index (κ2) is 5.35. The van der Waals surface area contributed by atoms with Gasteiger partial charge in [0.2, 0.25) is 5.91 Å². The third kappa shape index (κ3) is 2.26. The van der Waals surface area contributed by atoms with Crippen LogP contribution in [0.4, 0.5) is 10.7 Å². The Bertz CT molecular complexity index is 659. The summed E-state index contributed by atoms with van der Waals surface area (Å²) in [4.78, 5) is 14.1. The highest BCUT2D eigenvalue weighted by Gasteiger charge is 2.34. The van der Waals surface area contributed by atoms with Crippen LogP contribution >= 0.6 is 11.3 Å². The summed E-state index contributed by atoms with van der Waals surface area (Å²) >= 11 is 1.44. The van der Waals surface area contributed by atoms with Crippen molar-refractivity contribution in [3.05, 3.63) is 47.3 Å². The van der Waals surface area contributed by atoms with Crippen LogP contribution in [0.1, 0.15) is 12.0 Å². The summed E-state index contributed by atoms with van der Waals surface area (Å²) in [6, 6.07) is 13.4. The van der Waals surface area contributed by atoms with Crippen LogP contribution in [0.15, 0.2) is 41.8 Å². The number of carbonyl (C=O) groups excluding carboxylic acids is 1. The lowest BCUT2D eigenvalue weighted by Gasteiger charge is -2.16. The van der Waals surface area contributed by atoms with Crippen molar-refractivity contribution >= 4 is 27.9 Å². The van der Waals surface area contributed by atoms with E-state index >= 15 is 0 Å². The fraction of sp³-hybridized carbons (Fsp3) is 0.200. The van der Waals surface area contributed by atoms with Gasteiger partial charge in [0.05, 0.1) is 5.56 Å². The van der Waals surface area contributed by atoms with Gasteiger partial charge in [0, 0.05) is 12.2 Å². The minimum atomic E-state index is -0.217. The van der Waals surface area contributed by atoms with Crippen molar-refractivity contribution in [3.8, 4) is 6.07 Å². The molecule has 1 amide bonds. The maximum atomic E-state index is 12.4. The third-order valence-electron chi connectivity index (χ3n) is 3.33. The van der Waals surface area contributed by atoms with Gasteiger partial charge in [-0.1, -0.05) is 18.2 Å². The van der Waals surface area contributed by atoms with E-state index < -0.39 is 0 Å². The molecular weight excluding hydrogens is 270 g/mol. The van der Waals surface area contributed by atoms with E-state index in [1.54, 1.807) is 11.0 Å². The highest BCUT2D eigenvalue weighted by molar-refractivity contribution is 7.14. The lowest BCUT2D eigenvalue weighted by molar-refractivity contribution is -0.117. The first-order valence-corrected chi connectivity index (χ1v) is 7.28. The van der Waals surface area contributed by atoms with E-state index in [1.807, 2.05) is 35.7 Å². The van der Waals surface area contributed by atoms with Crippen molar-refractivity contribution in [1.29, 1.82) is 5.26 Å². The zero-order valence-corrected chi connectivity index (χ0v) is 11.6. The summed E-state index contributed by atoms with van der Waals surface area (Å²) in [5.41, 5.74) is 1.52. The van der Waals surface area contributed by atoms with Gasteiger partial charge in [0.15, 0.2) is 0 Å². The number of hydrogen-bond acceptors (Lipinski definition) is 4. The highest BCUT2D eigenvalue weighted by atomic mass is 32.1. The van der Waals surface area contributed by atoms with Crippen LogP contribution < -0.4 is 10.2 Å². The van der Waals surface area contributed by atoms with Gasteiger partial charge < -0.3 is 10.2 Å². The van der Waals surface area contributed by atoms with Crippen LogP contribution in [0.2, 0.25) is 0 Å². The van der Waals surface area contributed by atoms with Crippen molar-refractivity contribution in [2.45, 2.75) is 12.5 Å². The molecule has 1 aliphatic heterocycles. The summed E-state index contributed by atoms with van der Waals surface area (Å²) in [6.45, 7) is 0.651. The average Bonchev–Trinajstić information content (AvgIpc) is 3.07.